The maximum absolute atomic E-state index is 14.4. The summed E-state index contributed by atoms with van der Waals surface area (Å²) in [5.74, 6) is -2.77. The second-order valence-electron chi connectivity index (χ2n) is 6.56. The maximum Gasteiger partial charge on any atom is 0.275 e. The summed E-state index contributed by atoms with van der Waals surface area (Å²) in [4.78, 5) is 3.79. The number of nitrogens with zero attached hydrogens (tertiary/aromatic N) is 2. The molecule has 8 heteroatoms. The molecule has 0 bridgehead atoms. The Hall–Kier alpha value is -3.73. The number of hydrogen-bond donors (Lipinski definition) is 3. The van der Waals surface area contributed by atoms with Crippen LogP contribution in [0.2, 0.25) is 0 Å². The zero-order valence-electron chi connectivity index (χ0n) is 14.5. The third-order valence-electron chi connectivity index (χ3n) is 4.75. The van der Waals surface area contributed by atoms with E-state index in [4.69, 9.17) is 20.8 Å². The van der Waals surface area contributed by atoms with Gasteiger partial charge in [-0.15, -0.1) is 0 Å². The molecule has 0 amide bonds. The molecule has 1 heterocycles. The lowest BCUT2D eigenvalue weighted by Crippen LogP contribution is -2.12. The monoisotopic (exact) mass is 379 g/mol. The molecule has 0 radical (unpaired) electrons. The van der Waals surface area contributed by atoms with Gasteiger partial charge in [-0.2, -0.15) is 5.26 Å². The fraction of sp³-hybridized carbons (Fsp3) is 0.150. The third-order valence-corrected chi connectivity index (χ3v) is 4.75. The summed E-state index contributed by atoms with van der Waals surface area (Å²) in [6.07, 6.45) is 2.20. The van der Waals surface area contributed by atoms with E-state index >= 15 is 0 Å². The van der Waals surface area contributed by atoms with E-state index in [1.54, 1.807) is 24.3 Å². The minimum absolute atomic E-state index is 0.0504. The van der Waals surface area contributed by atoms with Gasteiger partial charge in [0.25, 0.3) is 5.92 Å². The van der Waals surface area contributed by atoms with Gasteiger partial charge < -0.3 is 15.5 Å². The van der Waals surface area contributed by atoms with Gasteiger partial charge in [0.1, 0.15) is 5.71 Å². The Labute approximate surface area is 159 Å². The van der Waals surface area contributed by atoms with Gasteiger partial charge in [-0.1, -0.05) is 6.07 Å². The molecule has 2 aromatic carbocycles. The molecular formula is C20H15F2N5O. The lowest BCUT2D eigenvalue weighted by molar-refractivity contribution is -0.00529. The molecule has 1 aliphatic carbocycles. The Bertz CT molecular complexity index is 1100. The summed E-state index contributed by atoms with van der Waals surface area (Å²) in [6.45, 7) is 0. The summed E-state index contributed by atoms with van der Waals surface area (Å²) >= 11 is 0. The summed E-state index contributed by atoms with van der Waals surface area (Å²) in [5.41, 5.74) is 7.87. The van der Waals surface area contributed by atoms with E-state index in [0.717, 1.165) is 0 Å². The first-order valence-electron chi connectivity index (χ1n) is 8.45. The number of rotatable bonds is 4. The van der Waals surface area contributed by atoms with Crippen molar-refractivity contribution in [1.29, 1.82) is 10.7 Å². The van der Waals surface area contributed by atoms with Gasteiger partial charge >= 0.3 is 0 Å². The van der Waals surface area contributed by atoms with Crippen molar-refractivity contribution in [3.05, 3.63) is 77.0 Å². The largest absolute Gasteiger partial charge is 0.442 e. The number of halogens is 2. The standard InChI is InChI=1S/C20H15F2N5O/c21-20(22)7-17(13-3-1-11(8-23)5-15(13)20)27-12-2-4-16(24)14(6-12)19(25)18-9-26-10-28-18/h1-6,9-10,17,25,27H,7,24H2. The molecule has 28 heavy (non-hydrogen) atoms. The van der Waals surface area contributed by atoms with Crippen LogP contribution in [-0.2, 0) is 5.92 Å². The number of nitriles is 1. The zero-order valence-corrected chi connectivity index (χ0v) is 14.5. The SMILES string of the molecule is N#Cc1ccc2c(c1)C(F)(F)CC2Nc1ccc(N)c(C(=N)c2cnco2)c1. The zero-order chi connectivity index (χ0) is 19.9. The first kappa shape index (κ1) is 17.7. The Balaban J connectivity index is 1.65. The van der Waals surface area contributed by atoms with Crippen molar-refractivity contribution in [2.24, 2.45) is 0 Å². The molecule has 4 N–H and O–H groups in total. The molecular weight excluding hydrogens is 364 g/mol. The highest BCUT2D eigenvalue weighted by molar-refractivity contribution is 6.12. The summed E-state index contributed by atoms with van der Waals surface area (Å²) in [6, 6.07) is 10.5. The van der Waals surface area contributed by atoms with Crippen LogP contribution in [0.15, 0.2) is 53.4 Å². The second kappa shape index (κ2) is 6.46. The van der Waals surface area contributed by atoms with Crippen molar-refractivity contribution in [3.63, 3.8) is 0 Å². The second-order valence-corrected chi connectivity index (χ2v) is 6.56. The van der Waals surface area contributed by atoms with Crippen molar-refractivity contribution in [2.45, 2.75) is 18.4 Å². The number of aromatic nitrogens is 1. The average molecular weight is 379 g/mol. The van der Waals surface area contributed by atoms with Crippen LogP contribution < -0.4 is 11.1 Å². The van der Waals surface area contributed by atoms with Crippen molar-refractivity contribution in [3.8, 4) is 6.07 Å². The number of nitrogen functional groups attached to an aromatic ring is 1. The van der Waals surface area contributed by atoms with Gasteiger partial charge in [0, 0.05) is 28.9 Å². The number of benzene rings is 2. The predicted octanol–water partition coefficient (Wildman–Crippen LogP) is 4.19. The minimum atomic E-state index is -3.02. The number of nitrogens with two attached hydrogens (primary N) is 1. The third kappa shape index (κ3) is 2.97. The van der Waals surface area contributed by atoms with Gasteiger partial charge in [-0.25, -0.2) is 13.8 Å². The first-order chi connectivity index (χ1) is 13.4. The van der Waals surface area contributed by atoms with Crippen molar-refractivity contribution in [2.75, 3.05) is 11.1 Å². The molecule has 1 atom stereocenters. The van der Waals surface area contributed by atoms with Crippen molar-refractivity contribution >= 4 is 17.1 Å². The average Bonchev–Trinajstić information content (AvgIpc) is 3.30. The highest BCUT2D eigenvalue weighted by Crippen LogP contribution is 2.48. The number of anilines is 2. The summed E-state index contributed by atoms with van der Waals surface area (Å²) in [5, 5.41) is 20.3. The van der Waals surface area contributed by atoms with Gasteiger partial charge in [0.15, 0.2) is 12.2 Å². The van der Waals surface area contributed by atoms with Gasteiger partial charge in [-0.3, -0.25) is 5.41 Å². The summed E-state index contributed by atoms with van der Waals surface area (Å²) in [7, 11) is 0. The molecule has 6 nitrogen and oxygen atoms in total. The maximum atomic E-state index is 14.4. The number of oxazole rings is 1. The molecule has 0 saturated carbocycles. The van der Waals surface area contributed by atoms with Crippen molar-refractivity contribution < 1.29 is 13.2 Å². The van der Waals surface area contributed by atoms with E-state index in [2.05, 4.69) is 10.3 Å². The van der Waals surface area contributed by atoms with E-state index in [0.29, 0.717) is 22.5 Å². The molecule has 3 aromatic rings. The van der Waals surface area contributed by atoms with E-state index in [-0.39, 0.29) is 22.6 Å². The molecule has 4 rings (SSSR count). The van der Waals surface area contributed by atoms with Crippen LogP contribution in [0.1, 0.15) is 40.5 Å². The molecule has 0 aliphatic heterocycles. The van der Waals surface area contributed by atoms with Crippen LogP contribution in [0.5, 0.6) is 0 Å². The lowest BCUT2D eigenvalue weighted by Gasteiger charge is -2.17. The van der Waals surface area contributed by atoms with E-state index < -0.39 is 18.4 Å². The summed E-state index contributed by atoms with van der Waals surface area (Å²) < 4.78 is 34.0. The van der Waals surface area contributed by atoms with Crippen LogP contribution >= 0.6 is 0 Å². The molecule has 0 spiro atoms. The molecule has 1 aliphatic rings. The highest BCUT2D eigenvalue weighted by atomic mass is 19.3. The van der Waals surface area contributed by atoms with Gasteiger partial charge in [0.2, 0.25) is 0 Å². The first-order valence-corrected chi connectivity index (χ1v) is 8.45. The van der Waals surface area contributed by atoms with Crippen LogP contribution in [0.25, 0.3) is 0 Å². The Kier molecular flexibility index (Phi) is 4.08. The number of nitrogens with one attached hydrogen (secondary N) is 2. The fourth-order valence-corrected chi connectivity index (χ4v) is 3.39. The van der Waals surface area contributed by atoms with E-state index in [9.17, 15) is 8.78 Å². The fourth-order valence-electron chi connectivity index (χ4n) is 3.39. The van der Waals surface area contributed by atoms with Gasteiger partial charge in [0.05, 0.1) is 23.9 Å². The Morgan fingerprint density at radius 3 is 2.86 bits per heavy atom. The molecule has 1 aromatic heterocycles. The molecule has 0 fully saturated rings. The van der Waals surface area contributed by atoms with Crippen LogP contribution in [0, 0.1) is 16.7 Å². The number of alkyl halides is 2. The highest BCUT2D eigenvalue weighted by Gasteiger charge is 2.45. The van der Waals surface area contributed by atoms with Gasteiger partial charge in [-0.05, 0) is 35.9 Å². The van der Waals surface area contributed by atoms with E-state index in [1.165, 1.54) is 24.7 Å². The number of fused-ring (bicyclic) bond motifs is 1. The lowest BCUT2D eigenvalue weighted by atomic mass is 10.0. The quantitative estimate of drug-likeness (QED) is 0.465. The van der Waals surface area contributed by atoms with E-state index in [1.807, 2.05) is 6.07 Å². The van der Waals surface area contributed by atoms with Crippen LogP contribution in [0.3, 0.4) is 0 Å². The van der Waals surface area contributed by atoms with Crippen molar-refractivity contribution in [1.82, 2.24) is 4.98 Å². The molecule has 0 saturated heterocycles. The topological polar surface area (TPSA) is 112 Å². The minimum Gasteiger partial charge on any atom is -0.442 e. The Morgan fingerprint density at radius 2 is 2.14 bits per heavy atom. The van der Waals surface area contributed by atoms with Crippen LogP contribution in [-0.4, -0.2) is 10.7 Å². The number of hydrogen-bond acceptors (Lipinski definition) is 6. The molecule has 1 unspecified atom stereocenters. The normalized spacial score (nSPS) is 17.0. The predicted molar refractivity (Wildman–Crippen MR) is 99.3 cm³/mol. The smallest absolute Gasteiger partial charge is 0.275 e. The van der Waals surface area contributed by atoms with Crippen LogP contribution in [0.4, 0.5) is 20.2 Å². The molecule has 140 valence electrons. The Morgan fingerprint density at radius 1 is 1.32 bits per heavy atom.